The highest BCUT2D eigenvalue weighted by atomic mass is 16.1. The van der Waals surface area contributed by atoms with Gasteiger partial charge in [0.1, 0.15) is 5.78 Å². The zero-order valence-electron chi connectivity index (χ0n) is 21.8. The van der Waals surface area contributed by atoms with Crippen LogP contribution in [-0.2, 0) is 4.79 Å². The lowest BCUT2D eigenvalue weighted by Crippen LogP contribution is -2.55. The Kier molecular flexibility index (Phi) is 6.33. The predicted octanol–water partition coefficient (Wildman–Crippen LogP) is 8.33. The lowest BCUT2D eigenvalue weighted by Gasteiger charge is -2.61. The smallest absolute Gasteiger partial charge is 0.136 e. The Balaban J connectivity index is 1.54. The van der Waals surface area contributed by atoms with Gasteiger partial charge in [0.25, 0.3) is 0 Å². The first-order valence-electron chi connectivity index (χ1n) is 13.7. The van der Waals surface area contributed by atoms with Gasteiger partial charge in [-0.3, -0.25) is 4.79 Å². The third-order valence-electron chi connectivity index (χ3n) is 11.9. The van der Waals surface area contributed by atoms with Gasteiger partial charge in [-0.05, 0) is 110 Å². The molecule has 0 aromatic heterocycles. The highest BCUT2D eigenvalue weighted by Gasteiger charge is 2.61. The Morgan fingerprint density at radius 1 is 0.903 bits per heavy atom. The molecule has 0 aliphatic heterocycles. The largest absolute Gasteiger partial charge is 0.299 e. The third kappa shape index (κ3) is 3.69. The van der Waals surface area contributed by atoms with Gasteiger partial charge in [0.15, 0.2) is 0 Å². The summed E-state index contributed by atoms with van der Waals surface area (Å²) in [4.78, 5) is 12.5. The van der Waals surface area contributed by atoms with Crippen molar-refractivity contribution in [1.82, 2.24) is 0 Å². The van der Waals surface area contributed by atoms with Gasteiger partial charge in [0, 0.05) is 12.3 Å². The summed E-state index contributed by atoms with van der Waals surface area (Å²) in [6.45, 7) is 19.5. The molecule has 176 valence electrons. The van der Waals surface area contributed by atoms with E-state index in [2.05, 4.69) is 61.5 Å². The monoisotopic (exact) mass is 426 g/mol. The van der Waals surface area contributed by atoms with Crippen LogP contribution in [0.25, 0.3) is 0 Å². The molecule has 31 heavy (non-hydrogen) atoms. The van der Waals surface area contributed by atoms with E-state index in [4.69, 9.17) is 0 Å². The van der Waals surface area contributed by atoms with Crippen molar-refractivity contribution in [2.24, 2.45) is 64.1 Å². The van der Waals surface area contributed by atoms with Crippen LogP contribution in [0.15, 0.2) is 11.6 Å². The maximum Gasteiger partial charge on any atom is 0.136 e. The first-order chi connectivity index (χ1) is 14.5. The predicted molar refractivity (Wildman–Crippen MR) is 132 cm³/mol. The average molecular weight is 427 g/mol. The van der Waals surface area contributed by atoms with Crippen molar-refractivity contribution in [3.8, 4) is 0 Å². The van der Waals surface area contributed by atoms with E-state index in [1.165, 1.54) is 44.9 Å². The number of allylic oxidation sites excluding steroid dienone is 2. The molecule has 0 heterocycles. The molecule has 4 saturated carbocycles. The summed E-state index contributed by atoms with van der Waals surface area (Å²) < 4.78 is 0. The summed E-state index contributed by atoms with van der Waals surface area (Å²) in [7, 11) is 0. The molecule has 0 saturated heterocycles. The number of hydrogen-bond donors (Lipinski definition) is 0. The molecule has 4 aliphatic rings. The zero-order valence-corrected chi connectivity index (χ0v) is 21.8. The van der Waals surface area contributed by atoms with E-state index in [1.807, 2.05) is 0 Å². The number of rotatable bonds is 4. The van der Waals surface area contributed by atoms with Crippen molar-refractivity contribution in [2.45, 2.75) is 107 Å². The van der Waals surface area contributed by atoms with Crippen molar-refractivity contribution in [1.29, 1.82) is 0 Å². The van der Waals surface area contributed by atoms with Gasteiger partial charge in [-0.15, -0.1) is 0 Å². The fraction of sp³-hybridized carbons (Fsp3) is 0.900. The maximum absolute atomic E-state index is 12.5. The first-order valence-corrected chi connectivity index (χ1v) is 13.7. The molecular weight excluding hydrogens is 376 g/mol. The number of carbonyl (C=O) groups is 1. The molecule has 1 heteroatoms. The van der Waals surface area contributed by atoms with Gasteiger partial charge in [0.2, 0.25) is 0 Å². The Morgan fingerprint density at radius 2 is 1.55 bits per heavy atom. The van der Waals surface area contributed by atoms with E-state index in [1.54, 1.807) is 5.57 Å². The maximum atomic E-state index is 12.5. The average Bonchev–Trinajstić information content (AvgIpc) is 3.07. The molecule has 0 spiro atoms. The summed E-state index contributed by atoms with van der Waals surface area (Å²) in [6.07, 6.45) is 13.1. The van der Waals surface area contributed by atoms with Gasteiger partial charge >= 0.3 is 0 Å². The Hall–Kier alpha value is -0.590. The molecule has 0 bridgehead atoms. The van der Waals surface area contributed by atoms with Crippen LogP contribution in [0.2, 0.25) is 0 Å². The summed E-state index contributed by atoms with van der Waals surface area (Å²) in [5, 5.41) is 0. The molecule has 0 aromatic carbocycles. The minimum atomic E-state index is 0.306. The summed E-state index contributed by atoms with van der Waals surface area (Å²) in [6, 6.07) is 0. The van der Waals surface area contributed by atoms with Gasteiger partial charge in [0.05, 0.1) is 0 Å². The molecule has 0 N–H and O–H groups in total. The summed E-state index contributed by atoms with van der Waals surface area (Å²) >= 11 is 0. The highest BCUT2D eigenvalue weighted by Crippen LogP contribution is 2.68. The topological polar surface area (TPSA) is 17.1 Å². The number of hydrogen-bond acceptors (Lipinski definition) is 1. The summed E-state index contributed by atoms with van der Waals surface area (Å²) in [5.74, 6) is 7.18. The number of Topliss-reactive ketones (excluding diaryl/α,β-unsaturated/α-hetero) is 1. The van der Waals surface area contributed by atoms with E-state index in [0.717, 1.165) is 36.0 Å². The normalized spacial score (nSPS) is 47.5. The van der Waals surface area contributed by atoms with E-state index >= 15 is 0 Å². The van der Waals surface area contributed by atoms with E-state index < -0.39 is 0 Å². The lowest BCUT2D eigenvalue weighted by atomic mass is 9.43. The number of ketones is 1. The molecule has 1 nitrogen and oxygen atoms in total. The van der Waals surface area contributed by atoms with Crippen LogP contribution in [-0.4, -0.2) is 5.78 Å². The fourth-order valence-corrected chi connectivity index (χ4v) is 9.63. The van der Waals surface area contributed by atoms with E-state index in [9.17, 15) is 4.79 Å². The van der Waals surface area contributed by atoms with Crippen molar-refractivity contribution in [2.75, 3.05) is 0 Å². The molecule has 0 radical (unpaired) electrons. The van der Waals surface area contributed by atoms with Gasteiger partial charge in [-0.1, -0.05) is 60.1 Å². The molecule has 10 atom stereocenters. The van der Waals surface area contributed by atoms with Crippen LogP contribution < -0.4 is 0 Å². The fourth-order valence-electron chi connectivity index (χ4n) is 9.63. The molecule has 0 aromatic rings. The second kappa shape index (κ2) is 8.32. The van der Waals surface area contributed by atoms with Crippen molar-refractivity contribution >= 4 is 5.78 Å². The molecule has 4 fully saturated rings. The van der Waals surface area contributed by atoms with Crippen LogP contribution in [0.1, 0.15) is 107 Å². The first kappa shape index (κ1) is 23.6. The van der Waals surface area contributed by atoms with Gasteiger partial charge in [-0.2, -0.15) is 0 Å². The second-order valence-corrected chi connectivity index (χ2v) is 13.4. The number of fused-ring (bicyclic) bond motifs is 5. The third-order valence-corrected chi connectivity index (χ3v) is 11.9. The minimum absolute atomic E-state index is 0.306. The van der Waals surface area contributed by atoms with Gasteiger partial charge < -0.3 is 0 Å². The van der Waals surface area contributed by atoms with E-state index in [-0.39, 0.29) is 0 Å². The molecule has 4 aliphatic carbocycles. The minimum Gasteiger partial charge on any atom is -0.299 e. The molecule has 3 unspecified atom stereocenters. The lowest BCUT2D eigenvalue weighted by molar-refractivity contribution is -0.150. The van der Waals surface area contributed by atoms with Crippen LogP contribution in [0.3, 0.4) is 0 Å². The van der Waals surface area contributed by atoms with Crippen LogP contribution in [0, 0.1) is 64.1 Å². The van der Waals surface area contributed by atoms with Crippen molar-refractivity contribution in [3.63, 3.8) is 0 Å². The van der Waals surface area contributed by atoms with Crippen molar-refractivity contribution < 1.29 is 4.79 Å². The number of carbonyl (C=O) groups excluding carboxylic acids is 1. The second-order valence-electron chi connectivity index (χ2n) is 13.4. The molecule has 0 amide bonds. The Bertz CT molecular complexity index is 718. The van der Waals surface area contributed by atoms with E-state index in [0.29, 0.717) is 40.3 Å². The van der Waals surface area contributed by atoms with Crippen molar-refractivity contribution in [3.05, 3.63) is 11.6 Å². The SMILES string of the molecule is CC(=C[C@@H](C)[C@H]1CC[C@H]2[C@@H]3CCC4C(C)C(=O)CC[C@]4(C)[C@H]3CC[C@]12C)C(C)C(C)C. The van der Waals surface area contributed by atoms with Crippen LogP contribution >= 0.6 is 0 Å². The highest BCUT2D eigenvalue weighted by molar-refractivity contribution is 5.82. The standard InChI is InChI=1S/C30H50O/c1-18(2)21(5)19(3)17-20(4)24-11-12-26-23-9-10-25-22(6)28(31)14-16-30(25,8)27(23)13-15-29(24,26)7/h17-18,20-27H,9-16H2,1-8H3/t20-,21?,22?,23+,24-,25?,26+,27+,29-,30+/m1/s1. The zero-order chi connectivity index (χ0) is 22.7. The summed E-state index contributed by atoms with van der Waals surface area (Å²) in [5.41, 5.74) is 2.56. The van der Waals surface area contributed by atoms with Gasteiger partial charge in [-0.25, -0.2) is 0 Å². The van der Waals surface area contributed by atoms with Crippen LogP contribution in [0.4, 0.5) is 0 Å². The quantitative estimate of drug-likeness (QED) is 0.413. The molecular formula is C30H50O. The Labute approximate surface area is 193 Å². The Morgan fingerprint density at radius 3 is 2.23 bits per heavy atom. The molecule has 4 rings (SSSR count). The van der Waals surface area contributed by atoms with Crippen LogP contribution in [0.5, 0.6) is 0 Å².